The maximum Gasteiger partial charge on any atom is 0.215 e. The smallest absolute Gasteiger partial charge is 0.215 e. The van der Waals surface area contributed by atoms with Gasteiger partial charge in [-0.15, -0.1) is 0 Å². The minimum atomic E-state index is 0.894. The number of fused-ring (bicyclic) bond motifs is 1. The Morgan fingerprint density at radius 1 is 1.05 bits per heavy atom. The predicted octanol–water partition coefficient (Wildman–Crippen LogP) is 3.97. The molecule has 2 heteroatoms. The van der Waals surface area contributed by atoms with Crippen molar-refractivity contribution >= 4 is 23.2 Å². The zero-order chi connectivity index (χ0) is 14.1. The fraction of sp³-hybridized carbons (Fsp3) is 0.111. The van der Waals surface area contributed by atoms with E-state index in [2.05, 4.69) is 72.7 Å². The van der Waals surface area contributed by atoms with Gasteiger partial charge in [0.05, 0.1) is 11.3 Å². The Kier molecular flexibility index (Phi) is 3.07. The second-order valence-corrected chi connectivity index (χ2v) is 5.02. The molecule has 3 rings (SSSR count). The van der Waals surface area contributed by atoms with Crippen LogP contribution in [0.5, 0.6) is 0 Å². The lowest BCUT2D eigenvalue weighted by Crippen LogP contribution is -2.30. The summed E-state index contributed by atoms with van der Waals surface area (Å²) in [5.41, 5.74) is 4.58. The zero-order valence-corrected chi connectivity index (χ0v) is 11.8. The lowest BCUT2D eigenvalue weighted by Gasteiger charge is -2.09. The third-order valence-corrected chi connectivity index (χ3v) is 3.71. The van der Waals surface area contributed by atoms with E-state index in [9.17, 15) is 0 Å². The van der Waals surface area contributed by atoms with Crippen LogP contribution in [0.4, 0.5) is 5.69 Å². The van der Waals surface area contributed by atoms with E-state index >= 15 is 0 Å². The summed E-state index contributed by atoms with van der Waals surface area (Å²) >= 11 is 0. The largest absolute Gasteiger partial charge is 0.264 e. The first-order chi connectivity index (χ1) is 9.70. The SMILES string of the molecule is C=Nc1cc[n+](C)c(-c2c(C)ccc3ccccc23)c1. The number of pyridine rings is 1. The number of benzene rings is 2. The summed E-state index contributed by atoms with van der Waals surface area (Å²) in [4.78, 5) is 4.04. The van der Waals surface area contributed by atoms with Gasteiger partial charge < -0.3 is 0 Å². The van der Waals surface area contributed by atoms with Crippen LogP contribution in [0.2, 0.25) is 0 Å². The van der Waals surface area contributed by atoms with E-state index in [0.717, 1.165) is 11.4 Å². The van der Waals surface area contributed by atoms with E-state index in [1.807, 2.05) is 12.3 Å². The van der Waals surface area contributed by atoms with E-state index in [0.29, 0.717) is 0 Å². The molecule has 0 amide bonds. The van der Waals surface area contributed by atoms with Crippen molar-refractivity contribution in [2.24, 2.45) is 12.0 Å². The second kappa shape index (κ2) is 4.89. The molecule has 0 aliphatic carbocycles. The van der Waals surface area contributed by atoms with Gasteiger partial charge in [0.15, 0.2) is 6.20 Å². The van der Waals surface area contributed by atoms with Gasteiger partial charge in [0.2, 0.25) is 5.69 Å². The normalized spacial score (nSPS) is 10.7. The van der Waals surface area contributed by atoms with Crippen LogP contribution < -0.4 is 4.57 Å². The molecule has 0 unspecified atom stereocenters. The number of rotatable bonds is 2. The van der Waals surface area contributed by atoms with Crippen molar-refractivity contribution < 1.29 is 4.57 Å². The zero-order valence-electron chi connectivity index (χ0n) is 11.8. The molecule has 1 heterocycles. The van der Waals surface area contributed by atoms with Crippen molar-refractivity contribution in [1.29, 1.82) is 0 Å². The average Bonchev–Trinajstić information content (AvgIpc) is 2.48. The molecule has 1 aromatic heterocycles. The molecule has 0 N–H and O–H groups in total. The fourth-order valence-corrected chi connectivity index (χ4v) is 2.63. The number of aryl methyl sites for hydroxylation is 2. The van der Waals surface area contributed by atoms with Crippen molar-refractivity contribution in [3.8, 4) is 11.3 Å². The highest BCUT2D eigenvalue weighted by atomic mass is 14.9. The lowest BCUT2D eigenvalue weighted by molar-refractivity contribution is -0.660. The highest BCUT2D eigenvalue weighted by molar-refractivity contribution is 5.97. The van der Waals surface area contributed by atoms with Gasteiger partial charge in [0.1, 0.15) is 7.05 Å². The molecule has 0 aliphatic rings. The number of aliphatic imine (C=N–C) groups is 1. The Bertz CT molecular complexity index is 804. The predicted molar refractivity (Wildman–Crippen MR) is 84.5 cm³/mol. The van der Waals surface area contributed by atoms with Gasteiger partial charge in [0, 0.05) is 12.1 Å². The van der Waals surface area contributed by atoms with Crippen molar-refractivity contribution in [1.82, 2.24) is 0 Å². The second-order valence-electron chi connectivity index (χ2n) is 5.02. The molecule has 2 aromatic carbocycles. The molecule has 98 valence electrons. The van der Waals surface area contributed by atoms with E-state index < -0.39 is 0 Å². The quantitative estimate of drug-likeness (QED) is 0.490. The van der Waals surface area contributed by atoms with Crippen LogP contribution in [0, 0.1) is 6.92 Å². The Morgan fingerprint density at radius 3 is 2.65 bits per heavy atom. The first-order valence-corrected chi connectivity index (χ1v) is 6.66. The van der Waals surface area contributed by atoms with Gasteiger partial charge in [-0.05, 0) is 30.0 Å². The van der Waals surface area contributed by atoms with Crippen LogP contribution in [0.25, 0.3) is 22.0 Å². The average molecular weight is 261 g/mol. The summed E-state index contributed by atoms with van der Waals surface area (Å²) in [6.45, 7) is 5.77. The fourth-order valence-electron chi connectivity index (χ4n) is 2.63. The Balaban J connectivity index is 2.39. The number of nitrogens with zero attached hydrogens (tertiary/aromatic N) is 2. The molecule has 20 heavy (non-hydrogen) atoms. The van der Waals surface area contributed by atoms with Crippen molar-refractivity contribution in [2.45, 2.75) is 6.92 Å². The molecule has 0 aliphatic heterocycles. The number of hydrogen-bond donors (Lipinski definition) is 0. The van der Waals surface area contributed by atoms with Crippen LogP contribution in [0.15, 0.2) is 59.7 Å². The molecule has 0 atom stereocenters. The third kappa shape index (κ3) is 1.99. The molecule has 2 nitrogen and oxygen atoms in total. The highest BCUT2D eigenvalue weighted by Crippen LogP contribution is 2.31. The summed E-state index contributed by atoms with van der Waals surface area (Å²) in [5, 5.41) is 2.52. The molecule has 3 aromatic rings. The summed E-state index contributed by atoms with van der Waals surface area (Å²) < 4.78 is 2.13. The van der Waals surface area contributed by atoms with E-state index in [1.165, 1.54) is 21.9 Å². The Morgan fingerprint density at radius 2 is 1.85 bits per heavy atom. The monoisotopic (exact) mass is 261 g/mol. The molecular formula is C18H17N2+. The topological polar surface area (TPSA) is 16.2 Å². The van der Waals surface area contributed by atoms with Gasteiger partial charge >= 0.3 is 0 Å². The molecule has 0 radical (unpaired) electrons. The third-order valence-electron chi connectivity index (χ3n) is 3.71. The van der Waals surface area contributed by atoms with E-state index in [4.69, 9.17) is 0 Å². The molecule has 0 saturated heterocycles. The van der Waals surface area contributed by atoms with Gasteiger partial charge in [-0.2, -0.15) is 0 Å². The number of hydrogen-bond acceptors (Lipinski definition) is 1. The van der Waals surface area contributed by atoms with Gasteiger partial charge in [-0.25, -0.2) is 4.57 Å². The van der Waals surface area contributed by atoms with Crippen LogP contribution in [-0.2, 0) is 7.05 Å². The van der Waals surface area contributed by atoms with Gasteiger partial charge in [0.25, 0.3) is 0 Å². The highest BCUT2D eigenvalue weighted by Gasteiger charge is 2.16. The maximum absolute atomic E-state index is 4.04. The van der Waals surface area contributed by atoms with Crippen LogP contribution in [0.3, 0.4) is 0 Å². The molecule has 0 saturated carbocycles. The summed E-state index contributed by atoms with van der Waals surface area (Å²) in [7, 11) is 2.06. The van der Waals surface area contributed by atoms with Gasteiger partial charge in [-0.3, -0.25) is 4.99 Å². The van der Waals surface area contributed by atoms with Crippen LogP contribution in [0.1, 0.15) is 5.56 Å². The molecule has 0 fully saturated rings. The molecule has 0 spiro atoms. The van der Waals surface area contributed by atoms with E-state index in [1.54, 1.807) is 0 Å². The number of aromatic nitrogens is 1. The minimum Gasteiger partial charge on any atom is -0.264 e. The molecular weight excluding hydrogens is 244 g/mol. The maximum atomic E-state index is 4.04. The summed E-state index contributed by atoms with van der Waals surface area (Å²) in [6, 6.07) is 16.9. The van der Waals surface area contributed by atoms with Crippen LogP contribution in [-0.4, -0.2) is 6.72 Å². The van der Waals surface area contributed by atoms with Crippen molar-refractivity contribution in [3.63, 3.8) is 0 Å². The molecule has 0 bridgehead atoms. The first-order valence-electron chi connectivity index (χ1n) is 6.66. The summed E-state index contributed by atoms with van der Waals surface area (Å²) in [5.74, 6) is 0. The lowest BCUT2D eigenvalue weighted by atomic mass is 9.96. The minimum absolute atomic E-state index is 0.894. The first kappa shape index (κ1) is 12.5. The standard InChI is InChI=1S/C18H17N2/c1-13-8-9-14-6-4-5-7-16(14)18(13)17-12-15(19-2)10-11-20(17)3/h4-12H,2H2,1,3H3/q+1. The van der Waals surface area contributed by atoms with Crippen molar-refractivity contribution in [3.05, 3.63) is 60.3 Å². The van der Waals surface area contributed by atoms with Crippen LogP contribution >= 0.6 is 0 Å². The summed E-state index contributed by atoms with van der Waals surface area (Å²) in [6.07, 6.45) is 2.03. The Labute approximate surface area is 119 Å². The van der Waals surface area contributed by atoms with Crippen molar-refractivity contribution in [2.75, 3.05) is 0 Å². The Hall–Kier alpha value is -2.48. The van der Waals surface area contributed by atoms with Gasteiger partial charge in [-0.1, -0.05) is 36.4 Å². The van der Waals surface area contributed by atoms with E-state index in [-0.39, 0.29) is 0 Å².